The van der Waals surface area contributed by atoms with Crippen molar-refractivity contribution in [1.82, 2.24) is 5.32 Å². The quantitative estimate of drug-likeness (QED) is 0.257. The highest BCUT2D eigenvalue weighted by molar-refractivity contribution is 5.80. The monoisotopic (exact) mass is 227 g/mol. The van der Waals surface area contributed by atoms with Crippen molar-refractivity contribution in [3.05, 3.63) is 0 Å². The van der Waals surface area contributed by atoms with E-state index in [1.54, 1.807) is 0 Å². The Morgan fingerprint density at radius 2 is 2.00 bits per heavy atom. The predicted molar refractivity (Wildman–Crippen MR) is 66.7 cm³/mol. The molecule has 4 heteroatoms. The molecule has 0 saturated heterocycles. The summed E-state index contributed by atoms with van der Waals surface area (Å²) < 4.78 is 0. The summed E-state index contributed by atoms with van der Waals surface area (Å²) in [5.41, 5.74) is 5.54. The highest BCUT2D eigenvalue weighted by Crippen LogP contribution is 2.34. The van der Waals surface area contributed by atoms with Gasteiger partial charge in [-0.1, -0.05) is 31.8 Å². The first-order valence-corrected chi connectivity index (χ1v) is 6.42. The summed E-state index contributed by atoms with van der Waals surface area (Å²) in [6.07, 6.45) is 6.88. The third-order valence-corrected chi connectivity index (χ3v) is 3.36. The highest BCUT2D eigenvalue weighted by atomic mass is 16.4. The number of nitrogens with two attached hydrogens (primary N) is 1. The standard InChI is InChI=1S/C12H25N3O/c1-3-10(7-9-5-6-9)14-11(4-2)8-12(13)15-16/h9-11,14,16H,3-8H2,1-2H3,(H2,13,15). The van der Waals surface area contributed by atoms with Gasteiger partial charge < -0.3 is 16.3 Å². The first kappa shape index (κ1) is 13.3. The molecule has 0 heterocycles. The Kier molecular flexibility index (Phi) is 5.60. The fraction of sp³-hybridized carbons (Fsp3) is 0.917. The van der Waals surface area contributed by atoms with Crippen molar-refractivity contribution in [3.63, 3.8) is 0 Å². The van der Waals surface area contributed by atoms with E-state index in [0.29, 0.717) is 24.3 Å². The van der Waals surface area contributed by atoms with Gasteiger partial charge in [-0.2, -0.15) is 0 Å². The van der Waals surface area contributed by atoms with Gasteiger partial charge in [-0.15, -0.1) is 0 Å². The van der Waals surface area contributed by atoms with Gasteiger partial charge in [-0.25, -0.2) is 0 Å². The number of amidine groups is 1. The molecule has 1 fully saturated rings. The van der Waals surface area contributed by atoms with Gasteiger partial charge in [-0.05, 0) is 25.2 Å². The molecule has 94 valence electrons. The van der Waals surface area contributed by atoms with Crippen molar-refractivity contribution in [2.75, 3.05) is 0 Å². The van der Waals surface area contributed by atoms with Crippen LogP contribution in [0.1, 0.15) is 52.4 Å². The molecule has 0 bridgehead atoms. The zero-order chi connectivity index (χ0) is 12.0. The van der Waals surface area contributed by atoms with Gasteiger partial charge in [0, 0.05) is 18.5 Å². The fourth-order valence-electron chi connectivity index (χ4n) is 2.06. The van der Waals surface area contributed by atoms with Crippen LogP contribution in [0.2, 0.25) is 0 Å². The number of nitrogens with zero attached hydrogens (tertiary/aromatic N) is 1. The maximum Gasteiger partial charge on any atom is 0.140 e. The molecular weight excluding hydrogens is 202 g/mol. The topological polar surface area (TPSA) is 70.6 Å². The van der Waals surface area contributed by atoms with Crippen LogP contribution in [0.15, 0.2) is 5.16 Å². The fourth-order valence-corrected chi connectivity index (χ4v) is 2.06. The van der Waals surface area contributed by atoms with E-state index in [4.69, 9.17) is 10.9 Å². The lowest BCUT2D eigenvalue weighted by Crippen LogP contribution is -2.40. The summed E-state index contributed by atoms with van der Waals surface area (Å²) in [7, 11) is 0. The van der Waals surface area contributed by atoms with E-state index in [0.717, 1.165) is 18.8 Å². The van der Waals surface area contributed by atoms with Gasteiger partial charge in [0.05, 0.1) is 0 Å². The second-order valence-electron chi connectivity index (χ2n) is 4.85. The van der Waals surface area contributed by atoms with E-state index in [2.05, 4.69) is 24.3 Å². The molecular formula is C12H25N3O. The molecule has 4 N–H and O–H groups in total. The van der Waals surface area contributed by atoms with Crippen molar-refractivity contribution in [1.29, 1.82) is 0 Å². The number of oxime groups is 1. The number of hydrogen-bond acceptors (Lipinski definition) is 3. The summed E-state index contributed by atoms with van der Waals surface area (Å²) in [5.74, 6) is 1.26. The Morgan fingerprint density at radius 1 is 1.38 bits per heavy atom. The van der Waals surface area contributed by atoms with Crippen molar-refractivity contribution >= 4 is 5.84 Å². The van der Waals surface area contributed by atoms with Gasteiger partial charge in [0.15, 0.2) is 0 Å². The van der Waals surface area contributed by atoms with E-state index in [-0.39, 0.29) is 0 Å². The normalized spacial score (nSPS) is 20.8. The van der Waals surface area contributed by atoms with Crippen LogP contribution in [0.4, 0.5) is 0 Å². The van der Waals surface area contributed by atoms with Crippen LogP contribution >= 0.6 is 0 Å². The average molecular weight is 227 g/mol. The maximum atomic E-state index is 8.56. The minimum Gasteiger partial charge on any atom is -0.409 e. The first-order chi connectivity index (χ1) is 7.69. The molecule has 0 aromatic heterocycles. The summed E-state index contributed by atoms with van der Waals surface area (Å²) in [6.45, 7) is 4.35. The Bertz CT molecular complexity index is 226. The number of rotatable bonds is 8. The highest BCUT2D eigenvalue weighted by Gasteiger charge is 2.25. The molecule has 4 nitrogen and oxygen atoms in total. The van der Waals surface area contributed by atoms with E-state index in [1.807, 2.05) is 0 Å². The Balaban J connectivity index is 2.33. The zero-order valence-electron chi connectivity index (χ0n) is 10.4. The second-order valence-corrected chi connectivity index (χ2v) is 4.85. The molecule has 1 aliphatic carbocycles. The predicted octanol–water partition coefficient (Wildman–Crippen LogP) is 2.07. The van der Waals surface area contributed by atoms with Crippen molar-refractivity contribution in [2.24, 2.45) is 16.8 Å². The molecule has 1 aliphatic rings. The molecule has 2 atom stereocenters. The first-order valence-electron chi connectivity index (χ1n) is 6.42. The van der Waals surface area contributed by atoms with Crippen LogP contribution in [0.25, 0.3) is 0 Å². The van der Waals surface area contributed by atoms with Gasteiger partial charge >= 0.3 is 0 Å². The molecule has 0 aromatic rings. The van der Waals surface area contributed by atoms with E-state index in [9.17, 15) is 0 Å². The average Bonchev–Trinajstić information content (AvgIpc) is 3.10. The third kappa shape index (κ3) is 4.84. The Hall–Kier alpha value is -0.770. The van der Waals surface area contributed by atoms with E-state index in [1.165, 1.54) is 19.3 Å². The smallest absolute Gasteiger partial charge is 0.140 e. The van der Waals surface area contributed by atoms with Crippen LogP contribution in [-0.4, -0.2) is 23.1 Å². The van der Waals surface area contributed by atoms with Crippen LogP contribution in [0.5, 0.6) is 0 Å². The van der Waals surface area contributed by atoms with Crippen LogP contribution < -0.4 is 11.1 Å². The van der Waals surface area contributed by atoms with Crippen LogP contribution in [0.3, 0.4) is 0 Å². The summed E-state index contributed by atoms with van der Waals surface area (Å²) in [5, 5.41) is 15.2. The molecule has 0 amide bonds. The largest absolute Gasteiger partial charge is 0.409 e. The van der Waals surface area contributed by atoms with Crippen molar-refractivity contribution in [3.8, 4) is 0 Å². The maximum absolute atomic E-state index is 8.56. The minimum atomic E-state index is 0.320. The van der Waals surface area contributed by atoms with Crippen molar-refractivity contribution in [2.45, 2.75) is 64.5 Å². The van der Waals surface area contributed by atoms with Gasteiger partial charge in [0.25, 0.3) is 0 Å². The summed E-state index contributed by atoms with van der Waals surface area (Å²) >= 11 is 0. The molecule has 0 radical (unpaired) electrons. The molecule has 1 rings (SSSR count). The molecule has 16 heavy (non-hydrogen) atoms. The molecule has 0 aromatic carbocycles. The molecule has 2 unspecified atom stereocenters. The van der Waals surface area contributed by atoms with Gasteiger partial charge in [0.1, 0.15) is 5.84 Å². The Labute approximate surface area is 98.3 Å². The number of nitrogens with one attached hydrogen (secondary N) is 1. The third-order valence-electron chi connectivity index (χ3n) is 3.36. The zero-order valence-corrected chi connectivity index (χ0v) is 10.4. The second kappa shape index (κ2) is 6.74. The molecule has 0 spiro atoms. The van der Waals surface area contributed by atoms with Crippen LogP contribution in [0, 0.1) is 5.92 Å². The SMILES string of the molecule is CCC(CC(N)=NO)NC(CC)CC1CC1. The summed E-state index contributed by atoms with van der Waals surface area (Å²) in [4.78, 5) is 0. The lowest BCUT2D eigenvalue weighted by molar-refractivity contribution is 0.313. The molecule has 0 aliphatic heterocycles. The lowest BCUT2D eigenvalue weighted by Gasteiger charge is -2.23. The van der Waals surface area contributed by atoms with E-state index >= 15 is 0 Å². The lowest BCUT2D eigenvalue weighted by atomic mass is 10.0. The van der Waals surface area contributed by atoms with Gasteiger partial charge in [-0.3, -0.25) is 0 Å². The van der Waals surface area contributed by atoms with Gasteiger partial charge in [0.2, 0.25) is 0 Å². The Morgan fingerprint density at radius 3 is 2.44 bits per heavy atom. The molecule has 1 saturated carbocycles. The van der Waals surface area contributed by atoms with Crippen molar-refractivity contribution < 1.29 is 5.21 Å². The summed E-state index contributed by atoms with van der Waals surface area (Å²) in [6, 6.07) is 0.920. The van der Waals surface area contributed by atoms with Crippen LogP contribution in [-0.2, 0) is 0 Å². The minimum absolute atomic E-state index is 0.320. The van der Waals surface area contributed by atoms with E-state index < -0.39 is 0 Å². The number of hydrogen-bond donors (Lipinski definition) is 3.